The molecule has 108 valence electrons. The SMILES string of the molecule is CN1CCN(c2cc3cc(C(C)(C)C)ccc3o2)CC1. The van der Waals surface area contributed by atoms with Crippen LogP contribution in [0.15, 0.2) is 28.7 Å². The Morgan fingerprint density at radius 3 is 2.35 bits per heavy atom. The van der Waals surface area contributed by atoms with Gasteiger partial charge in [-0.1, -0.05) is 26.8 Å². The van der Waals surface area contributed by atoms with Crippen LogP contribution in [0.5, 0.6) is 0 Å². The van der Waals surface area contributed by atoms with Crippen LogP contribution in [0.25, 0.3) is 11.0 Å². The van der Waals surface area contributed by atoms with Gasteiger partial charge in [0.25, 0.3) is 0 Å². The van der Waals surface area contributed by atoms with E-state index >= 15 is 0 Å². The third-order valence-corrected chi connectivity index (χ3v) is 4.18. The molecule has 0 aliphatic carbocycles. The lowest BCUT2D eigenvalue weighted by Crippen LogP contribution is -2.44. The van der Waals surface area contributed by atoms with Gasteiger partial charge in [-0.2, -0.15) is 0 Å². The van der Waals surface area contributed by atoms with Crippen LogP contribution >= 0.6 is 0 Å². The topological polar surface area (TPSA) is 19.6 Å². The molecule has 1 aromatic carbocycles. The van der Waals surface area contributed by atoms with Crippen LogP contribution in [0.3, 0.4) is 0 Å². The second kappa shape index (κ2) is 4.81. The Morgan fingerprint density at radius 2 is 1.70 bits per heavy atom. The third-order valence-electron chi connectivity index (χ3n) is 4.18. The molecule has 0 spiro atoms. The third kappa shape index (κ3) is 2.55. The van der Waals surface area contributed by atoms with E-state index in [0.717, 1.165) is 37.6 Å². The zero-order valence-electron chi connectivity index (χ0n) is 12.9. The molecule has 0 radical (unpaired) electrons. The molecular formula is C17H24N2O. The van der Waals surface area contributed by atoms with Crippen LogP contribution in [0.1, 0.15) is 26.3 Å². The molecule has 0 atom stereocenters. The number of anilines is 1. The first kappa shape index (κ1) is 13.5. The normalized spacial score (nSPS) is 17.9. The van der Waals surface area contributed by atoms with Crippen molar-refractivity contribution < 1.29 is 4.42 Å². The molecule has 20 heavy (non-hydrogen) atoms. The predicted molar refractivity (Wildman–Crippen MR) is 84.6 cm³/mol. The van der Waals surface area contributed by atoms with Gasteiger partial charge in [0.15, 0.2) is 5.88 Å². The number of fused-ring (bicyclic) bond motifs is 1. The second-order valence-corrected chi connectivity index (χ2v) is 6.88. The van der Waals surface area contributed by atoms with Crippen LogP contribution in [0, 0.1) is 0 Å². The van der Waals surface area contributed by atoms with E-state index in [1.165, 1.54) is 10.9 Å². The average Bonchev–Trinajstić information content (AvgIpc) is 2.81. The first-order valence-corrected chi connectivity index (χ1v) is 7.41. The summed E-state index contributed by atoms with van der Waals surface area (Å²) in [6.45, 7) is 11.0. The Bertz CT molecular complexity index is 601. The smallest absolute Gasteiger partial charge is 0.196 e. The van der Waals surface area contributed by atoms with E-state index in [4.69, 9.17) is 4.42 Å². The van der Waals surface area contributed by atoms with Crippen LogP contribution in [0.4, 0.5) is 5.88 Å². The molecule has 1 aromatic heterocycles. The Balaban J connectivity index is 1.91. The van der Waals surface area contributed by atoms with Crippen LogP contribution in [-0.2, 0) is 5.41 Å². The van der Waals surface area contributed by atoms with E-state index in [-0.39, 0.29) is 5.41 Å². The van der Waals surface area contributed by atoms with Gasteiger partial charge in [0.1, 0.15) is 5.58 Å². The molecule has 0 bridgehead atoms. The van der Waals surface area contributed by atoms with E-state index in [9.17, 15) is 0 Å². The van der Waals surface area contributed by atoms with E-state index in [1.807, 2.05) is 0 Å². The lowest BCUT2D eigenvalue weighted by Gasteiger charge is -2.32. The summed E-state index contributed by atoms with van der Waals surface area (Å²) < 4.78 is 6.02. The number of piperazine rings is 1. The zero-order valence-corrected chi connectivity index (χ0v) is 12.9. The molecule has 1 saturated heterocycles. The van der Waals surface area contributed by atoms with Gasteiger partial charge in [-0.05, 0) is 30.2 Å². The van der Waals surface area contributed by atoms with Gasteiger partial charge in [-0.15, -0.1) is 0 Å². The minimum absolute atomic E-state index is 0.180. The molecule has 0 N–H and O–H groups in total. The number of rotatable bonds is 1. The summed E-state index contributed by atoms with van der Waals surface area (Å²) in [5.74, 6) is 1.01. The van der Waals surface area contributed by atoms with Crippen molar-refractivity contribution >= 4 is 16.9 Å². The van der Waals surface area contributed by atoms with Gasteiger partial charge < -0.3 is 14.2 Å². The fourth-order valence-electron chi connectivity index (χ4n) is 2.68. The summed E-state index contributed by atoms with van der Waals surface area (Å²) in [6.07, 6.45) is 0. The van der Waals surface area contributed by atoms with Crippen molar-refractivity contribution in [1.82, 2.24) is 4.90 Å². The molecule has 1 aliphatic heterocycles. The molecule has 2 heterocycles. The summed E-state index contributed by atoms with van der Waals surface area (Å²) in [4.78, 5) is 4.70. The minimum atomic E-state index is 0.180. The zero-order chi connectivity index (χ0) is 14.3. The molecule has 3 heteroatoms. The Morgan fingerprint density at radius 1 is 1.00 bits per heavy atom. The molecule has 0 unspecified atom stereocenters. The molecule has 0 amide bonds. The van der Waals surface area contributed by atoms with Crippen LogP contribution in [-0.4, -0.2) is 38.1 Å². The lowest BCUT2D eigenvalue weighted by molar-refractivity contribution is 0.307. The first-order chi connectivity index (χ1) is 9.43. The highest BCUT2D eigenvalue weighted by atomic mass is 16.4. The van der Waals surface area contributed by atoms with Crippen LogP contribution in [0.2, 0.25) is 0 Å². The number of benzene rings is 1. The summed E-state index contributed by atoms with van der Waals surface area (Å²) >= 11 is 0. The first-order valence-electron chi connectivity index (χ1n) is 7.41. The Labute approximate surface area is 121 Å². The standard InChI is InChI=1S/C17H24N2O/c1-17(2,3)14-5-6-15-13(11-14)12-16(20-15)19-9-7-18(4)8-10-19/h5-6,11-12H,7-10H2,1-4H3. The largest absolute Gasteiger partial charge is 0.441 e. The number of hydrogen-bond donors (Lipinski definition) is 0. The highest BCUT2D eigenvalue weighted by Crippen LogP contribution is 2.31. The predicted octanol–water partition coefficient (Wildman–Crippen LogP) is 3.48. The molecule has 3 rings (SSSR count). The van der Waals surface area contributed by atoms with Crippen molar-refractivity contribution in [2.45, 2.75) is 26.2 Å². The van der Waals surface area contributed by atoms with Crippen molar-refractivity contribution in [2.75, 3.05) is 38.1 Å². The fourth-order valence-corrected chi connectivity index (χ4v) is 2.68. The fraction of sp³-hybridized carbons (Fsp3) is 0.529. The van der Waals surface area contributed by atoms with Crippen molar-refractivity contribution in [3.05, 3.63) is 29.8 Å². The van der Waals surface area contributed by atoms with Crippen LogP contribution < -0.4 is 4.90 Å². The highest BCUT2D eigenvalue weighted by Gasteiger charge is 2.19. The van der Waals surface area contributed by atoms with Gasteiger partial charge in [0.05, 0.1) is 0 Å². The van der Waals surface area contributed by atoms with Crippen molar-refractivity contribution in [1.29, 1.82) is 0 Å². The maximum atomic E-state index is 6.02. The van der Waals surface area contributed by atoms with Crippen molar-refractivity contribution in [3.63, 3.8) is 0 Å². The summed E-state index contributed by atoms with van der Waals surface area (Å²) in [7, 11) is 2.17. The summed E-state index contributed by atoms with van der Waals surface area (Å²) in [5.41, 5.74) is 2.53. The molecule has 3 nitrogen and oxygen atoms in total. The van der Waals surface area contributed by atoms with Gasteiger partial charge in [-0.3, -0.25) is 0 Å². The van der Waals surface area contributed by atoms with Gasteiger partial charge >= 0.3 is 0 Å². The Kier molecular flexibility index (Phi) is 3.25. The quantitative estimate of drug-likeness (QED) is 0.792. The van der Waals surface area contributed by atoms with E-state index < -0.39 is 0 Å². The molecule has 2 aromatic rings. The molecule has 1 aliphatic rings. The average molecular weight is 272 g/mol. The van der Waals surface area contributed by atoms with E-state index in [2.05, 4.69) is 61.9 Å². The van der Waals surface area contributed by atoms with Crippen molar-refractivity contribution in [3.8, 4) is 0 Å². The number of nitrogens with zero attached hydrogens (tertiary/aromatic N) is 2. The van der Waals surface area contributed by atoms with E-state index in [0.29, 0.717) is 0 Å². The monoisotopic (exact) mass is 272 g/mol. The highest BCUT2D eigenvalue weighted by molar-refractivity contribution is 5.82. The van der Waals surface area contributed by atoms with Crippen molar-refractivity contribution in [2.24, 2.45) is 0 Å². The Hall–Kier alpha value is -1.48. The number of furan rings is 1. The maximum Gasteiger partial charge on any atom is 0.196 e. The molecular weight excluding hydrogens is 248 g/mol. The molecule has 1 fully saturated rings. The van der Waals surface area contributed by atoms with E-state index in [1.54, 1.807) is 0 Å². The minimum Gasteiger partial charge on any atom is -0.441 e. The summed E-state index contributed by atoms with van der Waals surface area (Å²) in [5, 5.41) is 1.21. The van der Waals surface area contributed by atoms with Gasteiger partial charge in [-0.25, -0.2) is 0 Å². The molecule has 0 saturated carbocycles. The number of hydrogen-bond acceptors (Lipinski definition) is 3. The lowest BCUT2D eigenvalue weighted by atomic mass is 9.86. The summed E-state index contributed by atoms with van der Waals surface area (Å²) in [6, 6.07) is 8.74. The van der Waals surface area contributed by atoms with Gasteiger partial charge in [0, 0.05) is 37.6 Å². The maximum absolute atomic E-state index is 6.02. The second-order valence-electron chi connectivity index (χ2n) is 6.88. The van der Waals surface area contributed by atoms with Gasteiger partial charge in [0.2, 0.25) is 0 Å². The number of likely N-dealkylation sites (N-methyl/N-ethyl adjacent to an activating group) is 1.